The molecule has 0 radical (unpaired) electrons. The topological polar surface area (TPSA) is 72.6 Å². The number of nitrogens with zero attached hydrogens (tertiary/aromatic N) is 1. The number of hydrogen-bond donors (Lipinski definition) is 1. The molecule has 5 nitrogen and oxygen atoms in total. The van der Waals surface area contributed by atoms with Gasteiger partial charge in [0.2, 0.25) is 10.0 Å². The number of rotatable bonds is 7. The Morgan fingerprint density at radius 3 is 2.60 bits per heavy atom. The number of sulfonamides is 1. The number of hydrogen-bond acceptors (Lipinski definition) is 5. The Kier molecular flexibility index (Phi) is 6.32. The largest absolute Gasteiger partial charge is 0.496 e. The molecule has 0 saturated heterocycles. The van der Waals surface area contributed by atoms with Gasteiger partial charge in [-0.1, -0.05) is 0 Å². The van der Waals surface area contributed by atoms with Crippen molar-refractivity contribution in [1.82, 2.24) is 4.31 Å². The highest BCUT2D eigenvalue weighted by Crippen LogP contribution is 2.24. The molecule has 0 spiro atoms. The Hall–Kier alpha value is -0.760. The van der Waals surface area contributed by atoms with Gasteiger partial charge in [0.1, 0.15) is 5.75 Å². The van der Waals surface area contributed by atoms with Crippen LogP contribution in [0.1, 0.15) is 12.5 Å². The monoisotopic (exact) mass is 318 g/mol. The van der Waals surface area contributed by atoms with Crippen molar-refractivity contribution in [3.05, 3.63) is 23.8 Å². The third-order valence-corrected chi connectivity index (χ3v) is 5.96. The molecule has 0 aliphatic rings. The zero-order valence-corrected chi connectivity index (χ0v) is 13.9. The number of methoxy groups -OCH3 is 1. The van der Waals surface area contributed by atoms with Crippen LogP contribution in [-0.4, -0.2) is 44.9 Å². The van der Waals surface area contributed by atoms with Gasteiger partial charge in [0, 0.05) is 31.0 Å². The van der Waals surface area contributed by atoms with Crippen molar-refractivity contribution >= 4 is 21.8 Å². The highest BCUT2D eigenvalue weighted by Gasteiger charge is 2.25. The van der Waals surface area contributed by atoms with E-state index >= 15 is 0 Å². The van der Waals surface area contributed by atoms with Gasteiger partial charge in [-0.15, -0.1) is 0 Å². The van der Waals surface area contributed by atoms with E-state index in [0.29, 0.717) is 11.3 Å². The van der Waals surface area contributed by atoms with E-state index in [1.165, 1.54) is 11.4 Å². The molecular weight excluding hydrogens is 296 g/mol. The predicted molar refractivity (Wildman–Crippen MR) is 83.7 cm³/mol. The lowest BCUT2D eigenvalue weighted by Crippen LogP contribution is -2.36. The quantitative estimate of drug-likeness (QED) is 0.825. The fraction of sp³-hybridized carbons (Fsp3) is 0.538. The Morgan fingerprint density at radius 1 is 1.45 bits per heavy atom. The molecule has 1 atom stereocenters. The van der Waals surface area contributed by atoms with E-state index in [1.54, 1.807) is 37.0 Å². The number of benzene rings is 1. The summed E-state index contributed by atoms with van der Waals surface area (Å²) in [6, 6.07) is 4.70. The maximum Gasteiger partial charge on any atom is 0.243 e. The van der Waals surface area contributed by atoms with E-state index in [0.717, 1.165) is 5.75 Å². The zero-order valence-electron chi connectivity index (χ0n) is 12.3. The lowest BCUT2D eigenvalue weighted by molar-refractivity contribution is 0.407. The van der Waals surface area contributed by atoms with E-state index in [4.69, 9.17) is 10.5 Å². The normalized spacial score (nSPS) is 13.5. The third-order valence-electron chi connectivity index (χ3n) is 3.18. The lowest BCUT2D eigenvalue weighted by atomic mass is 10.2. The summed E-state index contributed by atoms with van der Waals surface area (Å²) in [4.78, 5) is 0.245. The van der Waals surface area contributed by atoms with Gasteiger partial charge in [0.15, 0.2) is 0 Å². The van der Waals surface area contributed by atoms with Gasteiger partial charge in [-0.3, -0.25) is 0 Å². The Bertz CT molecular complexity index is 547. The predicted octanol–water partition coefficient (Wildman–Crippen LogP) is 1.53. The van der Waals surface area contributed by atoms with Gasteiger partial charge >= 0.3 is 0 Å². The van der Waals surface area contributed by atoms with E-state index < -0.39 is 10.0 Å². The van der Waals surface area contributed by atoms with E-state index in [1.807, 2.05) is 13.2 Å². The fourth-order valence-electron chi connectivity index (χ4n) is 1.82. The van der Waals surface area contributed by atoms with Crippen LogP contribution in [0.5, 0.6) is 5.75 Å². The second kappa shape index (κ2) is 7.31. The Balaban J connectivity index is 3.15. The number of ether oxygens (including phenoxy) is 1. The molecule has 0 fully saturated rings. The molecule has 0 aromatic heterocycles. The standard InChI is InChI=1S/C13H22N2O3S2/c1-10(9-19-4)15(2)20(16,17)12-5-6-13(18-3)11(7-12)8-14/h5-7,10H,8-9,14H2,1-4H3. The molecule has 0 bridgehead atoms. The first-order valence-corrected chi connectivity index (χ1v) is 9.05. The van der Waals surface area contributed by atoms with Crippen molar-refractivity contribution in [2.75, 3.05) is 26.2 Å². The molecule has 0 aliphatic heterocycles. The summed E-state index contributed by atoms with van der Waals surface area (Å²) in [5.41, 5.74) is 6.31. The molecule has 1 rings (SSSR count). The number of nitrogens with two attached hydrogens (primary N) is 1. The van der Waals surface area contributed by atoms with Crippen molar-refractivity contribution in [3.8, 4) is 5.75 Å². The average Bonchev–Trinajstić information content (AvgIpc) is 2.45. The van der Waals surface area contributed by atoms with Gasteiger partial charge in [-0.25, -0.2) is 8.42 Å². The van der Waals surface area contributed by atoms with Crippen LogP contribution in [-0.2, 0) is 16.6 Å². The van der Waals surface area contributed by atoms with Crippen LogP contribution < -0.4 is 10.5 Å². The molecule has 1 aromatic rings. The lowest BCUT2D eigenvalue weighted by Gasteiger charge is -2.24. The summed E-state index contributed by atoms with van der Waals surface area (Å²) < 4.78 is 31.7. The fourth-order valence-corrected chi connectivity index (χ4v) is 4.04. The van der Waals surface area contributed by atoms with Crippen LogP contribution in [0.3, 0.4) is 0 Å². The molecule has 0 amide bonds. The Labute approximate surface area is 125 Å². The van der Waals surface area contributed by atoms with E-state index in [9.17, 15) is 8.42 Å². The summed E-state index contributed by atoms with van der Waals surface area (Å²) in [6.07, 6.45) is 1.96. The third kappa shape index (κ3) is 3.66. The second-order valence-corrected chi connectivity index (χ2v) is 7.41. The summed E-state index contributed by atoms with van der Waals surface area (Å²) in [5, 5.41) is 0. The minimum absolute atomic E-state index is 0.0709. The highest BCUT2D eigenvalue weighted by atomic mass is 32.2. The molecule has 0 aliphatic carbocycles. The summed E-state index contributed by atoms with van der Waals surface area (Å²) >= 11 is 1.62. The first-order valence-electron chi connectivity index (χ1n) is 6.22. The molecule has 1 unspecified atom stereocenters. The van der Waals surface area contributed by atoms with Gasteiger partial charge in [0.25, 0.3) is 0 Å². The SMILES string of the molecule is COc1ccc(S(=O)(=O)N(C)C(C)CSC)cc1CN. The average molecular weight is 318 g/mol. The summed E-state index contributed by atoms with van der Waals surface area (Å²) in [6.45, 7) is 2.12. The molecule has 2 N–H and O–H groups in total. The smallest absolute Gasteiger partial charge is 0.243 e. The summed E-state index contributed by atoms with van der Waals surface area (Å²) in [5.74, 6) is 1.35. The van der Waals surface area contributed by atoms with Gasteiger partial charge in [-0.2, -0.15) is 16.1 Å². The first kappa shape index (κ1) is 17.3. The van der Waals surface area contributed by atoms with Crippen molar-refractivity contribution in [1.29, 1.82) is 0 Å². The highest BCUT2D eigenvalue weighted by molar-refractivity contribution is 7.98. The van der Waals surface area contributed by atoms with Crippen LogP contribution in [0, 0.1) is 0 Å². The first-order chi connectivity index (χ1) is 9.38. The summed E-state index contributed by atoms with van der Waals surface area (Å²) in [7, 11) is -0.372. The second-order valence-electron chi connectivity index (χ2n) is 4.50. The number of thioether (sulfide) groups is 1. The van der Waals surface area contributed by atoms with Crippen LogP contribution >= 0.6 is 11.8 Å². The van der Waals surface area contributed by atoms with Crippen LogP contribution in [0.4, 0.5) is 0 Å². The zero-order chi connectivity index (χ0) is 15.3. The maximum absolute atomic E-state index is 12.6. The van der Waals surface area contributed by atoms with Gasteiger partial charge in [0.05, 0.1) is 12.0 Å². The van der Waals surface area contributed by atoms with Crippen LogP contribution in [0.25, 0.3) is 0 Å². The molecule has 1 aromatic carbocycles. The molecule has 114 valence electrons. The molecule has 7 heteroatoms. The van der Waals surface area contributed by atoms with Crippen molar-refractivity contribution in [3.63, 3.8) is 0 Å². The van der Waals surface area contributed by atoms with E-state index in [-0.39, 0.29) is 17.5 Å². The molecule has 20 heavy (non-hydrogen) atoms. The van der Waals surface area contributed by atoms with Crippen molar-refractivity contribution in [2.24, 2.45) is 5.73 Å². The van der Waals surface area contributed by atoms with E-state index in [2.05, 4.69) is 0 Å². The molecule has 0 heterocycles. The Morgan fingerprint density at radius 2 is 2.10 bits per heavy atom. The van der Waals surface area contributed by atoms with Crippen LogP contribution in [0.15, 0.2) is 23.1 Å². The van der Waals surface area contributed by atoms with Gasteiger partial charge < -0.3 is 10.5 Å². The van der Waals surface area contributed by atoms with Gasteiger partial charge in [-0.05, 0) is 31.4 Å². The minimum atomic E-state index is -3.51. The minimum Gasteiger partial charge on any atom is -0.496 e. The maximum atomic E-state index is 12.6. The van der Waals surface area contributed by atoms with Crippen LogP contribution in [0.2, 0.25) is 0 Å². The van der Waals surface area contributed by atoms with Crippen molar-refractivity contribution < 1.29 is 13.2 Å². The molecule has 0 saturated carbocycles. The molecular formula is C13H22N2O3S2. The van der Waals surface area contributed by atoms with Crippen molar-refractivity contribution in [2.45, 2.75) is 24.4 Å².